The van der Waals surface area contributed by atoms with E-state index in [1.165, 1.54) is 0 Å². The van der Waals surface area contributed by atoms with Gasteiger partial charge in [-0.3, -0.25) is 9.59 Å². The van der Waals surface area contributed by atoms with Gasteiger partial charge in [-0.05, 0) is 19.1 Å². The summed E-state index contributed by atoms with van der Waals surface area (Å²) >= 11 is 0. The first-order chi connectivity index (χ1) is 13.5. The van der Waals surface area contributed by atoms with Crippen LogP contribution in [0, 0.1) is 6.92 Å². The summed E-state index contributed by atoms with van der Waals surface area (Å²) in [4.78, 5) is 32.9. The second-order valence-electron chi connectivity index (χ2n) is 7.16. The Morgan fingerprint density at radius 2 is 1.50 bits per heavy atom. The normalized spacial score (nSPS) is 12.8. The quantitative estimate of drug-likeness (QED) is 0.539. The third-order valence-electron chi connectivity index (χ3n) is 4.81. The third-order valence-corrected chi connectivity index (χ3v) is 4.81. The molecule has 0 N–H and O–H groups in total. The van der Waals surface area contributed by atoms with Crippen LogP contribution in [0.25, 0.3) is 17.3 Å². The number of ketones is 2. The van der Waals surface area contributed by atoms with Gasteiger partial charge in [0, 0.05) is 42.5 Å². The van der Waals surface area contributed by atoms with Crippen LogP contribution in [-0.4, -0.2) is 35.5 Å². The fraction of sp³-hybridized carbons (Fsp3) is 0.125. The third kappa shape index (κ3) is 3.03. The molecule has 28 heavy (non-hydrogen) atoms. The molecule has 0 bridgehead atoms. The molecule has 0 unspecified atom stereocenters. The maximum atomic E-state index is 13.2. The first-order valence-corrected chi connectivity index (χ1v) is 9.11. The smallest absolute Gasteiger partial charge is 0.196 e. The van der Waals surface area contributed by atoms with Crippen molar-refractivity contribution in [3.8, 4) is 11.3 Å². The van der Waals surface area contributed by atoms with Crippen LogP contribution in [0.5, 0.6) is 0 Å². The zero-order chi connectivity index (χ0) is 19.8. The van der Waals surface area contributed by atoms with Crippen molar-refractivity contribution < 1.29 is 9.59 Å². The van der Waals surface area contributed by atoms with Crippen LogP contribution < -0.4 is 0 Å². The number of aromatic nitrogens is 1. The van der Waals surface area contributed by atoms with E-state index in [2.05, 4.69) is 0 Å². The number of carbonyl (C=O) groups excluding carboxylic acids is 2. The van der Waals surface area contributed by atoms with Crippen LogP contribution >= 0.6 is 0 Å². The first kappa shape index (κ1) is 17.9. The summed E-state index contributed by atoms with van der Waals surface area (Å²) in [5.41, 5.74) is 4.91. The van der Waals surface area contributed by atoms with E-state index >= 15 is 0 Å². The molecule has 1 aliphatic carbocycles. The van der Waals surface area contributed by atoms with Crippen molar-refractivity contribution in [2.45, 2.75) is 6.92 Å². The Hall–Kier alpha value is -3.53. The molecule has 3 aromatic rings. The van der Waals surface area contributed by atoms with E-state index in [0.29, 0.717) is 33.6 Å². The first-order valence-electron chi connectivity index (χ1n) is 9.11. The molecule has 0 amide bonds. The average Bonchev–Trinajstić information content (AvgIpc) is 2.70. The molecule has 0 atom stereocenters. The van der Waals surface area contributed by atoms with E-state index in [1.807, 2.05) is 56.4 Å². The van der Waals surface area contributed by atoms with Crippen LogP contribution in [0.1, 0.15) is 43.1 Å². The van der Waals surface area contributed by atoms with Crippen molar-refractivity contribution in [2.24, 2.45) is 0 Å². The summed E-state index contributed by atoms with van der Waals surface area (Å²) in [6, 6.07) is 16.7. The van der Waals surface area contributed by atoms with Gasteiger partial charge in [0.05, 0.1) is 17.0 Å². The molecule has 0 saturated carbocycles. The van der Waals surface area contributed by atoms with Crippen molar-refractivity contribution >= 4 is 17.6 Å². The second-order valence-corrected chi connectivity index (χ2v) is 7.16. The van der Waals surface area contributed by atoms with E-state index in [4.69, 9.17) is 4.98 Å². The zero-order valence-electron chi connectivity index (χ0n) is 16.1. The summed E-state index contributed by atoms with van der Waals surface area (Å²) in [6.07, 6.45) is 3.62. The number of hydrogen-bond donors (Lipinski definition) is 0. The molecule has 4 heteroatoms. The molecule has 1 aliphatic rings. The molecule has 0 saturated heterocycles. The SMILES string of the molecule is Cc1ccc(-c2cc3c(c(/C=C/N(C)C)n2)C(=O)c2ccccc2C3=O)cc1. The summed E-state index contributed by atoms with van der Waals surface area (Å²) in [7, 11) is 3.80. The van der Waals surface area contributed by atoms with E-state index < -0.39 is 0 Å². The molecule has 138 valence electrons. The number of aryl methyl sites for hydroxylation is 1. The lowest BCUT2D eigenvalue weighted by atomic mass is 9.82. The highest BCUT2D eigenvalue weighted by Gasteiger charge is 2.32. The Labute approximate surface area is 164 Å². The lowest BCUT2D eigenvalue weighted by Crippen LogP contribution is -2.23. The van der Waals surface area contributed by atoms with Crippen molar-refractivity contribution in [1.29, 1.82) is 0 Å². The highest BCUT2D eigenvalue weighted by molar-refractivity contribution is 6.29. The summed E-state index contributed by atoms with van der Waals surface area (Å²) in [5, 5.41) is 0. The minimum absolute atomic E-state index is 0.138. The van der Waals surface area contributed by atoms with Gasteiger partial charge in [0.25, 0.3) is 0 Å². The number of hydrogen-bond acceptors (Lipinski definition) is 4. The van der Waals surface area contributed by atoms with Crippen LogP contribution in [0.4, 0.5) is 0 Å². The van der Waals surface area contributed by atoms with Gasteiger partial charge in [0.15, 0.2) is 11.6 Å². The van der Waals surface area contributed by atoms with Crippen LogP contribution in [0.15, 0.2) is 60.8 Å². The fourth-order valence-electron chi connectivity index (χ4n) is 3.35. The molecular weight excluding hydrogens is 348 g/mol. The van der Waals surface area contributed by atoms with Gasteiger partial charge in [0.1, 0.15) is 0 Å². The lowest BCUT2D eigenvalue weighted by molar-refractivity contribution is 0.0978. The summed E-state index contributed by atoms with van der Waals surface area (Å²) in [5.74, 6) is -0.299. The molecule has 1 aromatic heterocycles. The zero-order valence-corrected chi connectivity index (χ0v) is 16.1. The molecule has 1 heterocycles. The van der Waals surface area contributed by atoms with Crippen LogP contribution in [0.2, 0.25) is 0 Å². The Morgan fingerprint density at radius 3 is 2.14 bits per heavy atom. The number of rotatable bonds is 3. The minimum Gasteiger partial charge on any atom is -0.383 e. The standard InChI is InChI=1S/C24H20N2O2/c1-15-8-10-16(11-9-15)21-14-19-22(20(25-21)12-13-26(2)3)24(28)18-7-5-4-6-17(18)23(19)27/h4-14H,1-3H3/b13-12+. The van der Waals surface area contributed by atoms with Crippen LogP contribution in [-0.2, 0) is 0 Å². The Morgan fingerprint density at radius 1 is 0.857 bits per heavy atom. The van der Waals surface area contributed by atoms with Gasteiger partial charge in [-0.1, -0.05) is 54.1 Å². The van der Waals surface area contributed by atoms with E-state index in [-0.39, 0.29) is 11.6 Å². The number of carbonyl (C=O) groups is 2. The molecule has 0 aliphatic heterocycles. The topological polar surface area (TPSA) is 50.3 Å². The van der Waals surface area contributed by atoms with Crippen molar-refractivity contribution in [3.63, 3.8) is 0 Å². The summed E-state index contributed by atoms with van der Waals surface area (Å²) < 4.78 is 0. The molecule has 2 aromatic carbocycles. The van der Waals surface area contributed by atoms with Gasteiger partial charge < -0.3 is 4.90 Å². The predicted molar refractivity (Wildman–Crippen MR) is 110 cm³/mol. The van der Waals surface area contributed by atoms with E-state index in [0.717, 1.165) is 11.1 Å². The van der Waals surface area contributed by atoms with Gasteiger partial charge in [-0.2, -0.15) is 0 Å². The predicted octanol–water partition coefficient (Wildman–Crippen LogP) is 4.36. The molecule has 0 spiro atoms. The van der Waals surface area contributed by atoms with Crippen molar-refractivity contribution in [3.05, 3.63) is 94.3 Å². The van der Waals surface area contributed by atoms with Gasteiger partial charge >= 0.3 is 0 Å². The lowest BCUT2D eigenvalue weighted by Gasteiger charge is -2.20. The van der Waals surface area contributed by atoms with E-state index in [9.17, 15) is 9.59 Å². The average molecular weight is 368 g/mol. The maximum absolute atomic E-state index is 13.2. The highest BCUT2D eigenvalue weighted by atomic mass is 16.1. The highest BCUT2D eigenvalue weighted by Crippen LogP contribution is 2.32. The number of pyridine rings is 1. The van der Waals surface area contributed by atoms with E-state index in [1.54, 1.807) is 36.4 Å². The molecule has 4 nitrogen and oxygen atoms in total. The second kappa shape index (κ2) is 6.89. The monoisotopic (exact) mass is 368 g/mol. The largest absolute Gasteiger partial charge is 0.383 e. The Balaban J connectivity index is 1.97. The van der Waals surface area contributed by atoms with Crippen LogP contribution in [0.3, 0.4) is 0 Å². The Kier molecular flexibility index (Phi) is 4.40. The molecule has 0 fully saturated rings. The molecule has 0 radical (unpaired) electrons. The van der Waals surface area contributed by atoms with Gasteiger partial charge in [-0.25, -0.2) is 4.98 Å². The van der Waals surface area contributed by atoms with Crippen molar-refractivity contribution in [1.82, 2.24) is 9.88 Å². The van der Waals surface area contributed by atoms with Gasteiger partial charge in [0.2, 0.25) is 0 Å². The fourth-order valence-corrected chi connectivity index (χ4v) is 3.35. The van der Waals surface area contributed by atoms with Gasteiger partial charge in [-0.15, -0.1) is 0 Å². The maximum Gasteiger partial charge on any atom is 0.196 e. The number of benzene rings is 2. The Bertz CT molecular complexity index is 1130. The number of nitrogens with zero attached hydrogens (tertiary/aromatic N) is 2. The molecule has 4 rings (SSSR count). The minimum atomic E-state index is -0.161. The summed E-state index contributed by atoms with van der Waals surface area (Å²) in [6.45, 7) is 2.02. The van der Waals surface area contributed by atoms with Crippen molar-refractivity contribution in [2.75, 3.05) is 14.1 Å². The molecular formula is C24H20N2O2. The number of fused-ring (bicyclic) bond motifs is 2.